The van der Waals surface area contributed by atoms with Crippen LogP contribution in [0, 0.1) is 13.8 Å². The molecule has 1 aromatic heterocycles. The Hall–Kier alpha value is -1.97. The second-order valence-corrected chi connectivity index (χ2v) is 8.65. The van der Waals surface area contributed by atoms with Gasteiger partial charge >= 0.3 is 0 Å². The maximum absolute atomic E-state index is 3.66. The molecule has 0 saturated heterocycles. The van der Waals surface area contributed by atoms with E-state index in [-0.39, 0.29) is 0 Å². The summed E-state index contributed by atoms with van der Waals surface area (Å²) in [6.07, 6.45) is 6.88. The van der Waals surface area contributed by atoms with E-state index in [4.69, 9.17) is 0 Å². The summed E-state index contributed by atoms with van der Waals surface area (Å²) in [5.41, 5.74) is 8.29. The van der Waals surface area contributed by atoms with Gasteiger partial charge in [-0.3, -0.25) is 0 Å². The number of benzene rings is 2. The van der Waals surface area contributed by atoms with Crippen molar-refractivity contribution in [3.05, 3.63) is 77.0 Å². The number of hydrogen-bond donors (Lipinski definition) is 2. The molecule has 3 heteroatoms. The molecule has 0 radical (unpaired) electrons. The van der Waals surface area contributed by atoms with Gasteiger partial charge in [-0.15, -0.1) is 0 Å². The van der Waals surface area contributed by atoms with Crippen LogP contribution in [0.1, 0.15) is 35.1 Å². The van der Waals surface area contributed by atoms with E-state index in [0.717, 1.165) is 18.7 Å². The monoisotopic (exact) mass is 376 g/mol. The number of fused-ring (bicyclic) bond motifs is 1. The molecule has 0 aliphatic carbocycles. The fraction of sp³-hybridized carbons (Fsp3) is 0.333. The highest BCUT2D eigenvalue weighted by atomic mass is 32.2. The average molecular weight is 377 g/mol. The van der Waals surface area contributed by atoms with Crippen LogP contribution < -0.4 is 5.32 Å². The largest absolute Gasteiger partial charge is 0.361 e. The summed E-state index contributed by atoms with van der Waals surface area (Å²) < 4.78 is 0. The molecule has 0 unspecified atom stereocenters. The minimum Gasteiger partial charge on any atom is -0.361 e. The highest BCUT2D eigenvalue weighted by Crippen LogP contribution is 2.27. The highest BCUT2D eigenvalue weighted by Gasteiger charge is 2.15. The molecule has 0 spiro atoms. The first-order valence-corrected chi connectivity index (χ1v) is 11.0. The summed E-state index contributed by atoms with van der Waals surface area (Å²) in [6, 6.07) is 16.0. The Bertz CT molecular complexity index is 940. The Morgan fingerprint density at radius 1 is 1.07 bits per heavy atom. The third-order valence-corrected chi connectivity index (χ3v) is 6.66. The van der Waals surface area contributed by atoms with Gasteiger partial charge in [-0.1, -0.05) is 36.4 Å². The molecule has 0 saturated carbocycles. The summed E-state index contributed by atoms with van der Waals surface area (Å²) >= 11 is 2.05. The van der Waals surface area contributed by atoms with Crippen LogP contribution in [0.5, 0.6) is 0 Å². The molecule has 2 aromatic carbocycles. The van der Waals surface area contributed by atoms with Crippen molar-refractivity contribution in [1.29, 1.82) is 0 Å². The number of rotatable bonds is 6. The zero-order valence-electron chi connectivity index (χ0n) is 16.2. The number of aromatic amines is 1. The van der Waals surface area contributed by atoms with Crippen molar-refractivity contribution in [2.24, 2.45) is 0 Å². The first kappa shape index (κ1) is 18.4. The van der Waals surface area contributed by atoms with Crippen molar-refractivity contribution in [1.82, 2.24) is 10.3 Å². The highest BCUT2D eigenvalue weighted by molar-refractivity contribution is 7.98. The summed E-state index contributed by atoms with van der Waals surface area (Å²) in [5, 5.41) is 5.04. The number of H-pyrrole nitrogens is 1. The molecular weight excluding hydrogens is 348 g/mol. The van der Waals surface area contributed by atoms with Crippen LogP contribution in [0.15, 0.2) is 54.7 Å². The predicted molar refractivity (Wildman–Crippen MR) is 119 cm³/mol. The first-order chi connectivity index (χ1) is 13.2. The molecule has 1 aliphatic heterocycles. The van der Waals surface area contributed by atoms with Gasteiger partial charge in [0.1, 0.15) is 0 Å². The molecular formula is C24H28N2S. The second kappa shape index (κ2) is 8.37. The van der Waals surface area contributed by atoms with Crippen molar-refractivity contribution in [3.8, 4) is 0 Å². The van der Waals surface area contributed by atoms with Crippen molar-refractivity contribution < 1.29 is 0 Å². The Morgan fingerprint density at radius 2 is 1.89 bits per heavy atom. The van der Waals surface area contributed by atoms with Gasteiger partial charge in [0.25, 0.3) is 0 Å². The topological polar surface area (TPSA) is 27.8 Å². The maximum Gasteiger partial charge on any atom is 0.0459 e. The Kier molecular flexibility index (Phi) is 5.70. The summed E-state index contributed by atoms with van der Waals surface area (Å²) in [4.78, 5) is 3.44. The molecule has 27 heavy (non-hydrogen) atoms. The predicted octanol–water partition coefficient (Wildman–Crippen LogP) is 5.85. The van der Waals surface area contributed by atoms with Crippen LogP contribution in [0.4, 0.5) is 0 Å². The molecule has 0 fully saturated rings. The van der Waals surface area contributed by atoms with Gasteiger partial charge in [-0.05, 0) is 72.4 Å². The smallest absolute Gasteiger partial charge is 0.0459 e. The van der Waals surface area contributed by atoms with Crippen LogP contribution in [-0.4, -0.2) is 23.3 Å². The zero-order chi connectivity index (χ0) is 18.6. The second-order valence-electron chi connectivity index (χ2n) is 7.54. The van der Waals surface area contributed by atoms with Gasteiger partial charge < -0.3 is 10.3 Å². The van der Waals surface area contributed by atoms with E-state index in [1.165, 1.54) is 50.9 Å². The number of thioether (sulfide) groups is 1. The number of aromatic nitrogens is 1. The van der Waals surface area contributed by atoms with Crippen LogP contribution in [0.3, 0.4) is 0 Å². The minimum atomic E-state index is 0.588. The number of aryl methyl sites for hydroxylation is 2. The van der Waals surface area contributed by atoms with Crippen LogP contribution in [0.25, 0.3) is 16.5 Å². The zero-order valence-corrected chi connectivity index (χ0v) is 17.0. The lowest BCUT2D eigenvalue weighted by molar-refractivity contribution is 0.525. The van der Waals surface area contributed by atoms with E-state index in [1.54, 1.807) is 0 Å². The lowest BCUT2D eigenvalue weighted by Gasteiger charge is -2.24. The lowest BCUT2D eigenvalue weighted by Crippen LogP contribution is -2.33. The minimum absolute atomic E-state index is 0.588. The molecule has 3 aromatic rings. The standard InChI is InChI=1S/C24H28N2S/c1-17-12-23-21(15-26-24(23)13-18(17)2)16-27-11-9-22-14-20(8-10-25-22)19-6-4-3-5-7-19/h3-8,12-13,15,22,25-26H,9-11,14,16H2,1-2H3/t22-/m1/s1. The summed E-state index contributed by atoms with van der Waals surface area (Å²) in [6.45, 7) is 5.37. The third-order valence-electron chi connectivity index (χ3n) is 5.62. The fourth-order valence-electron chi connectivity index (χ4n) is 3.83. The van der Waals surface area contributed by atoms with Gasteiger partial charge in [-0.2, -0.15) is 11.8 Å². The van der Waals surface area contributed by atoms with Crippen molar-refractivity contribution in [2.75, 3.05) is 12.3 Å². The summed E-state index contributed by atoms with van der Waals surface area (Å²) in [7, 11) is 0. The first-order valence-electron chi connectivity index (χ1n) is 9.83. The molecule has 0 amide bonds. The van der Waals surface area contributed by atoms with Gasteiger partial charge in [0.15, 0.2) is 0 Å². The molecule has 0 bridgehead atoms. The normalized spacial score (nSPS) is 17.3. The fourth-order valence-corrected chi connectivity index (χ4v) is 4.89. The lowest BCUT2D eigenvalue weighted by atomic mass is 9.94. The van der Waals surface area contributed by atoms with E-state index < -0.39 is 0 Å². The van der Waals surface area contributed by atoms with Crippen LogP contribution in [0.2, 0.25) is 0 Å². The Morgan fingerprint density at radius 3 is 2.74 bits per heavy atom. The number of nitrogens with one attached hydrogen (secondary N) is 2. The molecule has 4 rings (SSSR count). The van der Waals surface area contributed by atoms with Gasteiger partial charge in [-0.25, -0.2) is 0 Å². The SMILES string of the molecule is Cc1cc2[nH]cc(CSCC[C@@H]3CC(c4ccccc4)=CCN3)c2cc1C. The van der Waals surface area contributed by atoms with Crippen molar-refractivity contribution in [3.63, 3.8) is 0 Å². The Labute approximate surface area is 166 Å². The maximum atomic E-state index is 3.66. The van der Waals surface area contributed by atoms with E-state index in [9.17, 15) is 0 Å². The molecule has 1 aliphatic rings. The average Bonchev–Trinajstić information content (AvgIpc) is 3.08. The molecule has 2 nitrogen and oxygen atoms in total. The molecule has 2 heterocycles. The third kappa shape index (κ3) is 4.31. The number of hydrogen-bond acceptors (Lipinski definition) is 2. The van der Waals surface area contributed by atoms with Crippen LogP contribution >= 0.6 is 11.8 Å². The molecule has 140 valence electrons. The van der Waals surface area contributed by atoms with E-state index in [1.807, 2.05) is 11.8 Å². The van der Waals surface area contributed by atoms with Crippen molar-refractivity contribution in [2.45, 2.75) is 38.5 Å². The van der Waals surface area contributed by atoms with Crippen molar-refractivity contribution >= 4 is 28.2 Å². The molecule has 2 N–H and O–H groups in total. The van der Waals surface area contributed by atoms with Gasteiger partial charge in [0, 0.05) is 35.4 Å². The Balaban J connectivity index is 1.29. The summed E-state index contributed by atoms with van der Waals surface area (Å²) in [5.74, 6) is 2.27. The van der Waals surface area contributed by atoms with Crippen LogP contribution in [-0.2, 0) is 5.75 Å². The van der Waals surface area contributed by atoms with Gasteiger partial charge in [0.05, 0.1) is 0 Å². The molecule has 1 atom stereocenters. The van der Waals surface area contributed by atoms with E-state index in [0.29, 0.717) is 6.04 Å². The van der Waals surface area contributed by atoms with Gasteiger partial charge in [0.2, 0.25) is 0 Å². The van der Waals surface area contributed by atoms with E-state index >= 15 is 0 Å². The van der Waals surface area contributed by atoms with E-state index in [2.05, 4.69) is 78.9 Å². The quantitative estimate of drug-likeness (QED) is 0.528.